The van der Waals surface area contributed by atoms with Crippen molar-refractivity contribution in [2.24, 2.45) is 11.0 Å². The number of carbonyl (C=O) groups excluding carboxylic acids is 2. The molecular weight excluding hydrogens is 414 g/mol. The maximum absolute atomic E-state index is 13.5. The largest absolute Gasteiger partial charge is 0.466 e. The molecule has 0 aliphatic carbocycles. The van der Waals surface area contributed by atoms with E-state index in [1.165, 1.54) is 5.56 Å². The van der Waals surface area contributed by atoms with Crippen LogP contribution in [0.15, 0.2) is 53.6 Å². The fraction of sp³-hybridized carbons (Fsp3) is 0.444. The number of esters is 1. The van der Waals surface area contributed by atoms with Gasteiger partial charge in [0, 0.05) is 18.5 Å². The lowest BCUT2D eigenvalue weighted by Gasteiger charge is -2.32. The topological polar surface area (TPSA) is 62.2 Å². The first kappa shape index (κ1) is 23.2. The monoisotopic (exact) mass is 447 g/mol. The Labute approximate surface area is 196 Å². The van der Waals surface area contributed by atoms with E-state index in [0.29, 0.717) is 19.6 Å². The summed E-state index contributed by atoms with van der Waals surface area (Å²) < 4.78 is 5.21. The van der Waals surface area contributed by atoms with Gasteiger partial charge in [-0.05, 0) is 57.4 Å². The Morgan fingerprint density at radius 1 is 1.12 bits per heavy atom. The Hall–Kier alpha value is -2.99. The molecule has 1 fully saturated rings. The minimum atomic E-state index is -0.163. The second-order valence-electron chi connectivity index (χ2n) is 9.06. The average Bonchev–Trinajstić information content (AvgIpc) is 3.27. The molecule has 0 bridgehead atoms. The molecule has 2 aromatic carbocycles. The Morgan fingerprint density at radius 3 is 2.67 bits per heavy atom. The molecule has 0 spiro atoms. The summed E-state index contributed by atoms with van der Waals surface area (Å²) in [6, 6.07) is 16.3. The molecule has 0 N–H and O–H groups in total. The molecule has 6 nitrogen and oxygen atoms in total. The van der Waals surface area contributed by atoms with Crippen molar-refractivity contribution in [1.29, 1.82) is 0 Å². The van der Waals surface area contributed by atoms with Gasteiger partial charge >= 0.3 is 5.97 Å². The Balaban J connectivity index is 1.55. The summed E-state index contributed by atoms with van der Waals surface area (Å²) in [6.45, 7) is 7.99. The first-order valence-electron chi connectivity index (χ1n) is 11.9. The molecule has 1 amide bonds. The summed E-state index contributed by atoms with van der Waals surface area (Å²) in [5.74, 6) is -0.356. The third kappa shape index (κ3) is 5.33. The van der Waals surface area contributed by atoms with E-state index < -0.39 is 0 Å². The zero-order chi connectivity index (χ0) is 23.4. The minimum Gasteiger partial charge on any atom is -0.466 e. The molecule has 2 aromatic rings. The number of rotatable bonds is 6. The second kappa shape index (κ2) is 10.3. The van der Waals surface area contributed by atoms with Crippen molar-refractivity contribution in [3.63, 3.8) is 0 Å². The highest BCUT2D eigenvalue weighted by atomic mass is 16.5. The van der Waals surface area contributed by atoms with Gasteiger partial charge < -0.3 is 4.74 Å². The molecule has 2 aliphatic rings. The summed E-state index contributed by atoms with van der Waals surface area (Å²) in [5.41, 5.74) is 5.47. The van der Waals surface area contributed by atoms with Gasteiger partial charge in [-0.1, -0.05) is 48.0 Å². The summed E-state index contributed by atoms with van der Waals surface area (Å²) in [5, 5.41) is 6.52. The number of piperidine rings is 1. The summed E-state index contributed by atoms with van der Waals surface area (Å²) >= 11 is 0. The van der Waals surface area contributed by atoms with E-state index >= 15 is 0 Å². The van der Waals surface area contributed by atoms with Crippen molar-refractivity contribution in [2.75, 3.05) is 26.2 Å². The highest BCUT2D eigenvalue weighted by Crippen LogP contribution is 2.34. The van der Waals surface area contributed by atoms with Crippen molar-refractivity contribution in [1.82, 2.24) is 9.91 Å². The van der Waals surface area contributed by atoms with Gasteiger partial charge in [-0.25, -0.2) is 5.01 Å². The van der Waals surface area contributed by atoms with Gasteiger partial charge in [-0.3, -0.25) is 14.5 Å². The lowest BCUT2D eigenvalue weighted by Crippen LogP contribution is -2.44. The van der Waals surface area contributed by atoms with E-state index in [2.05, 4.69) is 49.1 Å². The van der Waals surface area contributed by atoms with Gasteiger partial charge in [0.1, 0.15) is 0 Å². The Bertz CT molecular complexity index is 1030. The number of benzene rings is 2. The van der Waals surface area contributed by atoms with Crippen LogP contribution in [0.2, 0.25) is 0 Å². The van der Waals surface area contributed by atoms with Crippen molar-refractivity contribution in [2.45, 2.75) is 46.1 Å². The van der Waals surface area contributed by atoms with Crippen LogP contribution in [0.5, 0.6) is 0 Å². The van der Waals surface area contributed by atoms with Gasteiger partial charge in [0.2, 0.25) is 0 Å². The van der Waals surface area contributed by atoms with Crippen molar-refractivity contribution in [3.05, 3.63) is 70.8 Å². The van der Waals surface area contributed by atoms with Crippen LogP contribution >= 0.6 is 0 Å². The summed E-state index contributed by atoms with van der Waals surface area (Å²) in [6.07, 6.45) is 2.39. The van der Waals surface area contributed by atoms with Gasteiger partial charge in [0.25, 0.3) is 5.91 Å². The number of carbonyl (C=O) groups is 2. The number of hydrogen-bond donors (Lipinski definition) is 0. The zero-order valence-electron chi connectivity index (χ0n) is 19.8. The third-order valence-corrected chi connectivity index (χ3v) is 6.54. The zero-order valence-corrected chi connectivity index (χ0v) is 19.8. The van der Waals surface area contributed by atoms with E-state index in [4.69, 9.17) is 9.84 Å². The minimum absolute atomic E-state index is 0.0336. The first-order chi connectivity index (χ1) is 16.0. The lowest BCUT2D eigenvalue weighted by molar-refractivity contribution is -0.150. The number of hydrazone groups is 1. The normalized spacial score (nSPS) is 21.1. The molecule has 0 saturated carbocycles. The Kier molecular flexibility index (Phi) is 7.23. The number of hydrogen-bond acceptors (Lipinski definition) is 5. The molecule has 33 heavy (non-hydrogen) atoms. The first-order valence-corrected chi connectivity index (χ1v) is 11.9. The molecule has 0 aromatic heterocycles. The molecule has 0 unspecified atom stereocenters. The molecule has 6 heteroatoms. The highest BCUT2D eigenvalue weighted by Gasteiger charge is 2.35. The molecule has 4 rings (SSSR count). The molecule has 2 aliphatic heterocycles. The fourth-order valence-corrected chi connectivity index (χ4v) is 4.80. The summed E-state index contributed by atoms with van der Waals surface area (Å²) in [4.78, 5) is 27.8. The predicted octanol–water partition coefficient (Wildman–Crippen LogP) is 4.26. The average molecular weight is 448 g/mol. The van der Waals surface area contributed by atoms with Gasteiger partial charge in [-0.15, -0.1) is 0 Å². The number of ether oxygens (including phenoxy) is 1. The van der Waals surface area contributed by atoms with E-state index in [0.717, 1.165) is 41.8 Å². The third-order valence-electron chi connectivity index (χ3n) is 6.54. The van der Waals surface area contributed by atoms with Crippen LogP contribution < -0.4 is 0 Å². The van der Waals surface area contributed by atoms with Crippen LogP contribution in [0.3, 0.4) is 0 Å². The maximum atomic E-state index is 13.5. The fourth-order valence-electron chi connectivity index (χ4n) is 4.80. The van der Waals surface area contributed by atoms with Crippen molar-refractivity contribution < 1.29 is 14.3 Å². The molecule has 174 valence electrons. The van der Waals surface area contributed by atoms with Crippen molar-refractivity contribution in [3.8, 4) is 0 Å². The Morgan fingerprint density at radius 2 is 1.91 bits per heavy atom. The van der Waals surface area contributed by atoms with Crippen molar-refractivity contribution >= 4 is 17.6 Å². The number of amides is 1. The SMILES string of the molecule is CCOC(=O)[C@H]1CCCN(CC(=O)N2N=C(c3cc(C)ccc3C)C[C@H]2c2ccccc2)C1. The standard InChI is InChI=1S/C27H33N3O3/c1-4-33-27(32)22-11-8-14-29(17-22)18-26(31)30-25(21-9-6-5-7-10-21)16-24(28-30)23-15-19(2)12-13-20(23)3/h5-7,9-10,12-13,15,22,25H,4,8,11,14,16-18H2,1-3H3/t22-,25-/m0/s1. The number of likely N-dealkylation sites (tertiary alicyclic amines) is 1. The number of aryl methyl sites for hydroxylation is 2. The maximum Gasteiger partial charge on any atom is 0.310 e. The molecule has 2 heterocycles. The van der Waals surface area contributed by atoms with Crippen LogP contribution in [0.4, 0.5) is 0 Å². The highest BCUT2D eigenvalue weighted by molar-refractivity contribution is 6.04. The molecule has 0 radical (unpaired) electrons. The second-order valence-corrected chi connectivity index (χ2v) is 9.06. The molecular formula is C27H33N3O3. The molecule has 1 saturated heterocycles. The van der Waals surface area contributed by atoms with E-state index in [1.807, 2.05) is 25.1 Å². The predicted molar refractivity (Wildman–Crippen MR) is 129 cm³/mol. The van der Waals surface area contributed by atoms with Gasteiger partial charge in [-0.2, -0.15) is 5.10 Å². The van der Waals surface area contributed by atoms with E-state index in [-0.39, 0.29) is 30.4 Å². The van der Waals surface area contributed by atoms with E-state index in [1.54, 1.807) is 5.01 Å². The smallest absolute Gasteiger partial charge is 0.310 e. The molecule has 2 atom stereocenters. The lowest BCUT2D eigenvalue weighted by atomic mass is 9.95. The van der Waals surface area contributed by atoms with Crippen LogP contribution in [0, 0.1) is 19.8 Å². The van der Waals surface area contributed by atoms with Crippen LogP contribution in [0.25, 0.3) is 0 Å². The van der Waals surface area contributed by atoms with E-state index in [9.17, 15) is 9.59 Å². The number of nitrogens with zero attached hydrogens (tertiary/aromatic N) is 3. The van der Waals surface area contributed by atoms with Crippen LogP contribution in [-0.2, 0) is 14.3 Å². The van der Waals surface area contributed by atoms with Crippen LogP contribution in [0.1, 0.15) is 54.5 Å². The van der Waals surface area contributed by atoms with Gasteiger partial charge in [0.15, 0.2) is 0 Å². The quantitative estimate of drug-likeness (QED) is 0.621. The summed E-state index contributed by atoms with van der Waals surface area (Å²) in [7, 11) is 0. The van der Waals surface area contributed by atoms with Crippen LogP contribution in [-0.4, -0.2) is 53.7 Å². The van der Waals surface area contributed by atoms with Gasteiger partial charge in [0.05, 0.1) is 30.8 Å².